The van der Waals surface area contributed by atoms with Gasteiger partial charge >= 0.3 is 0 Å². The van der Waals surface area contributed by atoms with Gasteiger partial charge in [-0.3, -0.25) is 9.69 Å². The molecule has 1 fully saturated rings. The van der Waals surface area contributed by atoms with Crippen LogP contribution in [0.2, 0.25) is 0 Å². The molecule has 0 bridgehead atoms. The molecular weight excluding hydrogens is 386 g/mol. The molecule has 2 N–H and O–H groups in total. The largest absolute Gasteiger partial charge is 0.454 e. The van der Waals surface area contributed by atoms with E-state index in [0.717, 1.165) is 37.7 Å². The van der Waals surface area contributed by atoms with Crippen molar-refractivity contribution in [3.63, 3.8) is 0 Å². The number of carbonyl (C=O) groups excluding carboxylic acids is 1. The summed E-state index contributed by atoms with van der Waals surface area (Å²) in [5, 5.41) is 11.5. The van der Waals surface area contributed by atoms with E-state index in [1.807, 2.05) is 6.07 Å². The number of hydrogen-bond acceptors (Lipinski definition) is 6. The van der Waals surface area contributed by atoms with E-state index in [2.05, 4.69) is 50.9 Å². The standard InChI is InChI=1S/C21H29N5O4/c1-15(24-20(28)6-11-27)13-23-21(22-3)26-9-7-25(8-10-26)16(2)17-4-5-18-19(12-17)30-14-29-18/h4-5,12-13,16,27H,3,6-11,14H2,1-2H3,(H,24,28)/b15-13+,23-21+/t16-/m0/s1. The predicted molar refractivity (Wildman–Crippen MR) is 115 cm³/mol. The number of piperazine rings is 1. The highest BCUT2D eigenvalue weighted by Gasteiger charge is 2.25. The number of rotatable bonds is 6. The number of benzene rings is 1. The summed E-state index contributed by atoms with van der Waals surface area (Å²) in [6.07, 6.45) is 1.62. The third-order valence-corrected chi connectivity index (χ3v) is 5.21. The van der Waals surface area contributed by atoms with Gasteiger partial charge in [0, 0.05) is 44.1 Å². The van der Waals surface area contributed by atoms with E-state index < -0.39 is 0 Å². The van der Waals surface area contributed by atoms with E-state index >= 15 is 0 Å². The van der Waals surface area contributed by atoms with Crippen LogP contribution in [0.25, 0.3) is 0 Å². The van der Waals surface area contributed by atoms with Gasteiger partial charge in [0.25, 0.3) is 0 Å². The van der Waals surface area contributed by atoms with Crippen LogP contribution in [0.3, 0.4) is 0 Å². The Balaban J connectivity index is 1.56. The first kappa shape index (κ1) is 21.8. The summed E-state index contributed by atoms with van der Waals surface area (Å²) in [6, 6.07) is 6.35. The van der Waals surface area contributed by atoms with Gasteiger partial charge in [-0.25, -0.2) is 9.98 Å². The Hall–Kier alpha value is -2.91. The normalized spacial score (nSPS) is 18.3. The van der Waals surface area contributed by atoms with Crippen LogP contribution in [0.15, 0.2) is 40.1 Å². The minimum absolute atomic E-state index is 0.0605. The average Bonchev–Trinajstić information content (AvgIpc) is 3.22. The maximum absolute atomic E-state index is 11.5. The van der Waals surface area contributed by atoms with Gasteiger partial charge in [0.15, 0.2) is 11.5 Å². The summed E-state index contributed by atoms with van der Waals surface area (Å²) < 4.78 is 10.9. The molecule has 1 aromatic carbocycles. The van der Waals surface area contributed by atoms with E-state index in [0.29, 0.717) is 11.7 Å². The van der Waals surface area contributed by atoms with Gasteiger partial charge in [-0.15, -0.1) is 0 Å². The first-order valence-corrected chi connectivity index (χ1v) is 10.0. The number of ether oxygens (including phenoxy) is 2. The van der Waals surface area contributed by atoms with Crippen molar-refractivity contribution in [3.8, 4) is 11.5 Å². The first-order chi connectivity index (χ1) is 14.5. The van der Waals surface area contributed by atoms with Crippen molar-refractivity contribution in [2.45, 2.75) is 26.3 Å². The van der Waals surface area contributed by atoms with Crippen LogP contribution in [0, 0.1) is 0 Å². The number of amides is 1. The molecule has 2 heterocycles. The number of aliphatic hydroxyl groups excluding tert-OH is 1. The number of allylic oxidation sites excluding steroid dienone is 1. The second-order valence-corrected chi connectivity index (χ2v) is 7.23. The molecule has 0 unspecified atom stereocenters. The van der Waals surface area contributed by atoms with Crippen LogP contribution in [-0.4, -0.2) is 73.1 Å². The average molecular weight is 415 g/mol. The molecule has 0 aromatic heterocycles. The Morgan fingerprint density at radius 2 is 2.03 bits per heavy atom. The Bertz CT molecular complexity index is 831. The van der Waals surface area contributed by atoms with Crippen molar-refractivity contribution < 1.29 is 19.4 Å². The fourth-order valence-electron chi connectivity index (χ4n) is 3.49. The molecule has 0 saturated carbocycles. The molecule has 9 heteroatoms. The van der Waals surface area contributed by atoms with Crippen LogP contribution in [0.5, 0.6) is 11.5 Å². The van der Waals surface area contributed by atoms with Gasteiger partial charge in [-0.05, 0) is 38.3 Å². The number of guanidine groups is 1. The lowest BCUT2D eigenvalue weighted by atomic mass is 10.1. The summed E-state index contributed by atoms with van der Waals surface area (Å²) in [4.78, 5) is 24.4. The molecule has 9 nitrogen and oxygen atoms in total. The van der Waals surface area contributed by atoms with Crippen molar-refractivity contribution in [2.75, 3.05) is 39.6 Å². The molecule has 2 aliphatic rings. The monoisotopic (exact) mass is 415 g/mol. The third kappa shape index (κ3) is 5.37. The maximum atomic E-state index is 11.5. The smallest absolute Gasteiger partial charge is 0.231 e. The molecule has 30 heavy (non-hydrogen) atoms. The van der Waals surface area contributed by atoms with E-state index in [-0.39, 0.29) is 31.8 Å². The van der Waals surface area contributed by atoms with Crippen LogP contribution < -0.4 is 14.8 Å². The summed E-state index contributed by atoms with van der Waals surface area (Å²) in [7, 11) is 0. The number of carbonyl (C=O) groups is 1. The molecule has 3 rings (SSSR count). The second kappa shape index (κ2) is 10.2. The molecule has 1 aromatic rings. The van der Waals surface area contributed by atoms with Gasteiger partial charge in [-0.2, -0.15) is 0 Å². The van der Waals surface area contributed by atoms with E-state index in [4.69, 9.17) is 14.6 Å². The van der Waals surface area contributed by atoms with Crippen LogP contribution in [0.4, 0.5) is 0 Å². The Morgan fingerprint density at radius 1 is 1.30 bits per heavy atom. The predicted octanol–water partition coefficient (Wildman–Crippen LogP) is 1.51. The minimum Gasteiger partial charge on any atom is -0.454 e. The lowest BCUT2D eigenvalue weighted by molar-refractivity contribution is -0.121. The Morgan fingerprint density at radius 3 is 2.73 bits per heavy atom. The topological polar surface area (TPSA) is 99.0 Å². The van der Waals surface area contributed by atoms with Crippen LogP contribution in [0.1, 0.15) is 31.9 Å². The van der Waals surface area contributed by atoms with E-state index in [9.17, 15) is 4.79 Å². The minimum atomic E-state index is -0.249. The lowest BCUT2D eigenvalue weighted by Crippen LogP contribution is -2.48. The summed E-state index contributed by atoms with van der Waals surface area (Å²) in [5.41, 5.74) is 1.78. The molecule has 1 atom stereocenters. The van der Waals surface area contributed by atoms with Crippen LogP contribution in [-0.2, 0) is 4.79 Å². The van der Waals surface area contributed by atoms with Crippen molar-refractivity contribution in [2.24, 2.45) is 9.98 Å². The summed E-state index contributed by atoms with van der Waals surface area (Å²) in [5.74, 6) is 1.88. The number of hydrogen-bond donors (Lipinski definition) is 2. The summed E-state index contributed by atoms with van der Waals surface area (Å²) in [6.45, 7) is 10.9. The molecular formula is C21H29N5O4. The van der Waals surface area contributed by atoms with Gasteiger partial charge in [0.05, 0.1) is 13.0 Å². The highest BCUT2D eigenvalue weighted by Crippen LogP contribution is 2.35. The van der Waals surface area contributed by atoms with Crippen molar-refractivity contribution in [1.82, 2.24) is 15.1 Å². The van der Waals surface area contributed by atoms with E-state index in [1.165, 1.54) is 5.56 Å². The number of aliphatic imine (C=N–C) groups is 2. The number of fused-ring (bicyclic) bond motifs is 1. The zero-order chi connectivity index (χ0) is 21.5. The van der Waals surface area contributed by atoms with Gasteiger partial charge in [0.1, 0.15) is 0 Å². The molecule has 0 aliphatic carbocycles. The molecule has 1 saturated heterocycles. The molecule has 2 aliphatic heterocycles. The second-order valence-electron chi connectivity index (χ2n) is 7.23. The number of aliphatic hydroxyl groups is 1. The maximum Gasteiger partial charge on any atom is 0.231 e. The molecule has 0 radical (unpaired) electrons. The lowest BCUT2D eigenvalue weighted by Gasteiger charge is -2.38. The Kier molecular flexibility index (Phi) is 7.42. The molecule has 1 amide bonds. The van der Waals surface area contributed by atoms with Crippen molar-refractivity contribution in [3.05, 3.63) is 35.7 Å². The quantitative estimate of drug-likeness (QED) is 0.540. The Labute approximate surface area is 176 Å². The van der Waals surface area contributed by atoms with Crippen molar-refractivity contribution >= 4 is 18.6 Å². The molecule has 0 spiro atoms. The zero-order valence-electron chi connectivity index (χ0n) is 17.5. The van der Waals surface area contributed by atoms with Gasteiger partial charge < -0.3 is 24.8 Å². The highest BCUT2D eigenvalue weighted by atomic mass is 16.7. The SMILES string of the molecule is C=N/C(=N\C=C(/C)NC(=O)CCO)N1CCN([C@@H](C)c2ccc3c(c2)OCO3)CC1. The van der Waals surface area contributed by atoms with Gasteiger partial charge in [0.2, 0.25) is 18.7 Å². The fourth-order valence-corrected chi connectivity index (χ4v) is 3.49. The first-order valence-electron chi connectivity index (χ1n) is 10.0. The molecule has 162 valence electrons. The summed E-state index contributed by atoms with van der Waals surface area (Å²) >= 11 is 0. The zero-order valence-corrected chi connectivity index (χ0v) is 17.5. The van der Waals surface area contributed by atoms with Crippen molar-refractivity contribution in [1.29, 1.82) is 0 Å². The van der Waals surface area contributed by atoms with E-state index in [1.54, 1.807) is 13.1 Å². The van der Waals surface area contributed by atoms with Crippen LogP contribution >= 0.6 is 0 Å². The fraction of sp³-hybridized carbons (Fsp3) is 0.476. The van der Waals surface area contributed by atoms with Gasteiger partial charge in [-0.1, -0.05) is 6.07 Å². The third-order valence-electron chi connectivity index (χ3n) is 5.21. The number of nitrogens with one attached hydrogen (secondary N) is 1. The highest BCUT2D eigenvalue weighted by molar-refractivity contribution is 5.85. The number of nitrogens with zero attached hydrogens (tertiary/aromatic N) is 4.